The summed E-state index contributed by atoms with van der Waals surface area (Å²) in [5.74, 6) is 2.78. The summed E-state index contributed by atoms with van der Waals surface area (Å²) < 4.78 is 0. The van der Waals surface area contributed by atoms with Gasteiger partial charge >= 0.3 is 16.5 Å². The summed E-state index contributed by atoms with van der Waals surface area (Å²) in [5, 5.41) is 0. The van der Waals surface area contributed by atoms with E-state index in [1.54, 1.807) is 0 Å². The van der Waals surface area contributed by atoms with Gasteiger partial charge in [0.2, 0.25) is 0 Å². The number of nitrogens with zero attached hydrogens (tertiary/aromatic N) is 2. The molecule has 0 fully saturated rings. The number of unbranched alkanes of at least 4 members (excludes halogenated alkanes) is 68. The van der Waals surface area contributed by atoms with E-state index in [9.17, 15) is 5.53 Å². The minimum absolute atomic E-state index is 0. The van der Waals surface area contributed by atoms with Crippen molar-refractivity contribution in [3.63, 3.8) is 0 Å². The Hall–Kier alpha value is -2.43. The molecule has 0 unspecified atom stereocenters. The average Bonchev–Trinajstić information content (AvgIpc) is 0.803. The van der Waals surface area contributed by atoms with E-state index in [-0.39, 0.29) is 16.5 Å². The van der Waals surface area contributed by atoms with Crippen LogP contribution >= 0.6 is 0 Å². The second-order valence-corrected chi connectivity index (χ2v) is 32.6. The second kappa shape index (κ2) is 92.2. The predicted octanol–water partition coefficient (Wildman–Crippen LogP) is 36.6. The van der Waals surface area contributed by atoms with Gasteiger partial charge in [-0.15, -0.1) is 4.79 Å². The van der Waals surface area contributed by atoms with Crippen molar-refractivity contribution in [2.45, 2.75) is 529 Å². The number of hydrogen-bond acceptors (Lipinski definition) is 0. The van der Waals surface area contributed by atoms with Crippen molar-refractivity contribution in [1.82, 2.24) is 0 Å². The van der Waals surface area contributed by atoms with Crippen molar-refractivity contribution in [2.75, 3.05) is 0 Å². The summed E-state index contributed by atoms with van der Waals surface area (Å²) in [5.41, 5.74) is 17.2. The van der Waals surface area contributed by atoms with Crippen LogP contribution < -0.4 is 0 Å². The first-order chi connectivity index (χ1) is 51.6. The van der Waals surface area contributed by atoms with Crippen molar-refractivity contribution < 1.29 is 21.3 Å². The fourth-order valence-electron chi connectivity index (χ4n) is 15.4. The molecule has 0 aliphatic rings. The van der Waals surface area contributed by atoms with Crippen molar-refractivity contribution in [3.05, 3.63) is 114 Å². The van der Waals surface area contributed by atoms with Gasteiger partial charge in [-0.1, -0.05) is 519 Å². The summed E-state index contributed by atoms with van der Waals surface area (Å²) in [4.78, 5) is 3.27. The standard InChI is InChI=1S/C56H90N2.2C23H47.Ni/c1-4-7-10-12-13-14-15-16-17-18-19-20-21-22-23-24-25-26-27-28-29-30-31-32-33-34-35-37-43-52-44-38-39-47-55(52)56(53(48-49-58-57)45-36-11-8-5-2)54-46-40-42-51(50-54)41-9-6-3;2*1-3-5-7-9-11-13-15-17-19-21-23-22-20-18-16-14-12-10-8-6-4-2;/h33-34,38-40,42,44,46-48,50H,4-32,35-37,41,43,45H2,1-3H3;2*1,3-23H2,2H3;/q;2*-1;+2. The molecule has 0 N–H and O–H groups in total. The van der Waals surface area contributed by atoms with E-state index in [1.807, 2.05) is 6.08 Å². The van der Waals surface area contributed by atoms with E-state index >= 15 is 0 Å². The first kappa shape index (κ1) is 105. The Balaban J connectivity index is 0. The minimum atomic E-state index is 0. The van der Waals surface area contributed by atoms with Crippen molar-refractivity contribution in [1.29, 1.82) is 0 Å². The van der Waals surface area contributed by atoms with Crippen molar-refractivity contribution in [2.24, 2.45) is 0 Å². The summed E-state index contributed by atoms with van der Waals surface area (Å²) in [7, 11) is 0. The van der Waals surface area contributed by atoms with Crippen LogP contribution in [0.15, 0.2) is 72.3 Å². The summed E-state index contributed by atoms with van der Waals surface area (Å²) in [6, 6.07) is 18.1. The molecule has 612 valence electrons. The van der Waals surface area contributed by atoms with E-state index in [4.69, 9.17) is 0 Å². The van der Waals surface area contributed by atoms with Crippen LogP contribution in [0.4, 0.5) is 0 Å². The Morgan fingerprint density at radius 3 is 0.914 bits per heavy atom. The molecule has 2 nitrogen and oxygen atoms in total. The van der Waals surface area contributed by atoms with Gasteiger partial charge in [0.1, 0.15) is 0 Å². The molecular formula is C102H184N2Ni. The number of aryl methyl sites for hydroxylation is 2. The van der Waals surface area contributed by atoms with Gasteiger partial charge in [-0.2, -0.15) is 12.8 Å². The van der Waals surface area contributed by atoms with Crippen molar-refractivity contribution >= 4 is 11.4 Å². The van der Waals surface area contributed by atoms with Gasteiger partial charge in [0, 0.05) is 0 Å². The Labute approximate surface area is 671 Å². The van der Waals surface area contributed by atoms with Gasteiger partial charge in [0.05, 0.1) is 6.08 Å². The molecule has 0 saturated heterocycles. The monoisotopic (exact) mass is 1500 g/mol. The molecule has 0 aliphatic heterocycles. The summed E-state index contributed by atoms with van der Waals surface area (Å²) in [6.07, 6.45) is 114. The van der Waals surface area contributed by atoms with Gasteiger partial charge in [0.15, 0.2) is 0 Å². The van der Waals surface area contributed by atoms with Crippen LogP contribution in [0.2, 0.25) is 0 Å². The summed E-state index contributed by atoms with van der Waals surface area (Å²) in [6.45, 7) is 19.2. The smallest absolute Gasteiger partial charge is 0.348 e. The molecule has 0 amide bonds. The summed E-state index contributed by atoms with van der Waals surface area (Å²) >= 11 is 0. The van der Waals surface area contributed by atoms with E-state index in [0.29, 0.717) is 0 Å². The van der Waals surface area contributed by atoms with Crippen LogP contribution in [0.1, 0.15) is 538 Å². The van der Waals surface area contributed by atoms with E-state index in [2.05, 4.69) is 120 Å². The molecule has 2 rings (SSSR count). The number of allylic oxidation sites excluding steroid dienone is 4. The molecule has 0 radical (unpaired) electrons. The molecule has 0 aliphatic carbocycles. The van der Waals surface area contributed by atoms with Gasteiger partial charge < -0.3 is 19.4 Å². The molecule has 0 spiro atoms. The maximum absolute atomic E-state index is 9.36. The zero-order valence-electron chi connectivity index (χ0n) is 71.9. The van der Waals surface area contributed by atoms with Gasteiger partial charge in [0.25, 0.3) is 5.87 Å². The normalized spacial score (nSPS) is 11.5. The van der Waals surface area contributed by atoms with Crippen LogP contribution in [0.3, 0.4) is 0 Å². The third-order valence-corrected chi connectivity index (χ3v) is 22.4. The van der Waals surface area contributed by atoms with E-state index < -0.39 is 0 Å². The van der Waals surface area contributed by atoms with Gasteiger partial charge in [-0.05, 0) is 91.2 Å². The van der Waals surface area contributed by atoms with Gasteiger partial charge in [-0.25, -0.2) is 0 Å². The molecule has 2 aromatic carbocycles. The molecule has 0 bridgehead atoms. The Morgan fingerprint density at radius 1 is 0.314 bits per heavy atom. The first-order valence-electron chi connectivity index (χ1n) is 47.6. The fraction of sp³-hybridized carbons (Fsp3) is 0.804. The molecule has 105 heavy (non-hydrogen) atoms. The largest absolute Gasteiger partial charge is 2.00 e. The average molecular weight is 1500 g/mol. The first-order valence-corrected chi connectivity index (χ1v) is 47.6. The maximum Gasteiger partial charge on any atom is 2.00 e. The maximum atomic E-state index is 9.36. The molecule has 2 aromatic rings. The molecule has 0 aromatic heterocycles. The number of benzene rings is 2. The SMILES string of the molecule is CCCCCCCCCCCCCCCCCCCCCCCCCC=CCCCc1ccccc1C(=C(C=C=[N+]=[N-])CCCCCC)c1cccc(CCCC)c1.[CH2-]CCCCCCCCCCCCCCCCCCCCCC.[CH2-]CCCCCCCCCCCCCCCCCCCCCC.[Ni+2]. The van der Waals surface area contributed by atoms with Crippen LogP contribution in [0, 0.1) is 13.8 Å². The predicted molar refractivity (Wildman–Crippen MR) is 474 cm³/mol. The Kier molecular flexibility index (Phi) is 91.8. The number of rotatable bonds is 79. The Morgan fingerprint density at radius 2 is 0.600 bits per heavy atom. The van der Waals surface area contributed by atoms with E-state index in [0.717, 1.165) is 51.4 Å². The fourth-order valence-corrected chi connectivity index (χ4v) is 15.4. The zero-order chi connectivity index (χ0) is 75.1. The van der Waals surface area contributed by atoms with Crippen LogP contribution in [-0.4, -0.2) is 10.7 Å². The van der Waals surface area contributed by atoms with Crippen LogP contribution in [0.25, 0.3) is 11.1 Å². The molecule has 3 heteroatoms. The number of hydrogen-bond donors (Lipinski definition) is 0. The zero-order valence-corrected chi connectivity index (χ0v) is 72.9. The third kappa shape index (κ3) is 76.7. The van der Waals surface area contributed by atoms with E-state index in [1.165, 1.54) is 476 Å². The molecular weight excluding hydrogens is 1310 g/mol. The van der Waals surface area contributed by atoms with Crippen LogP contribution in [-0.2, 0) is 29.3 Å². The molecule has 0 saturated carbocycles. The van der Waals surface area contributed by atoms with Crippen LogP contribution in [0.5, 0.6) is 0 Å². The quantitative estimate of drug-likeness (QED) is 0.00925. The minimum Gasteiger partial charge on any atom is -0.348 e. The molecule has 0 heterocycles. The second-order valence-electron chi connectivity index (χ2n) is 32.6. The topological polar surface area (TPSA) is 36.4 Å². The van der Waals surface area contributed by atoms with Gasteiger partial charge in [-0.3, -0.25) is 0 Å². The third-order valence-electron chi connectivity index (χ3n) is 22.4. The Bertz CT molecular complexity index is 2040. The molecule has 0 atom stereocenters. The van der Waals surface area contributed by atoms with Crippen molar-refractivity contribution in [3.8, 4) is 0 Å².